The maximum atomic E-state index is 11.8. The van der Waals surface area contributed by atoms with Gasteiger partial charge in [0, 0.05) is 10.8 Å². The first kappa shape index (κ1) is 18.3. The largest absolute Gasteiger partial charge is 0.300 e. The Morgan fingerprint density at radius 3 is 2.61 bits per heavy atom. The third kappa shape index (κ3) is 6.55. The van der Waals surface area contributed by atoms with Crippen molar-refractivity contribution in [3.05, 3.63) is 42.0 Å². The van der Waals surface area contributed by atoms with E-state index in [0.29, 0.717) is 11.7 Å². The van der Waals surface area contributed by atoms with Gasteiger partial charge in [-0.3, -0.25) is 4.79 Å². The highest BCUT2D eigenvalue weighted by Crippen LogP contribution is 2.33. The minimum atomic E-state index is 0.285. The van der Waals surface area contributed by atoms with Gasteiger partial charge in [-0.15, -0.1) is 11.8 Å². The lowest BCUT2D eigenvalue weighted by atomic mass is 9.76. The molecule has 1 nitrogen and oxygen atoms in total. The van der Waals surface area contributed by atoms with Crippen molar-refractivity contribution in [1.29, 1.82) is 0 Å². The van der Waals surface area contributed by atoms with Crippen LogP contribution in [0.25, 0.3) is 0 Å². The standard InChI is InChI=1S/C21H30OS/c1-17(16-19-11-6-7-14-21(19)18(2)22)10-8-9-15-23-20-12-4-3-5-13-20/h3-5,12-13,16,19,21H,6-11,14-15H2,1-2H3/b17-16+/t19-,21-/m1/s1. The number of allylic oxidation sites excluding steroid dienone is 2. The maximum Gasteiger partial charge on any atom is 0.133 e. The lowest BCUT2D eigenvalue weighted by Gasteiger charge is -2.28. The molecule has 1 aliphatic carbocycles. The number of thioether (sulfide) groups is 1. The van der Waals surface area contributed by atoms with Gasteiger partial charge >= 0.3 is 0 Å². The molecule has 2 atom stereocenters. The van der Waals surface area contributed by atoms with Crippen molar-refractivity contribution < 1.29 is 4.79 Å². The van der Waals surface area contributed by atoms with Crippen LogP contribution in [0.4, 0.5) is 0 Å². The summed E-state index contributed by atoms with van der Waals surface area (Å²) in [5.74, 6) is 2.36. The molecule has 0 saturated heterocycles. The molecule has 0 aliphatic heterocycles. The van der Waals surface area contributed by atoms with E-state index in [1.807, 2.05) is 11.8 Å². The molecule has 126 valence electrons. The molecule has 0 amide bonds. The SMILES string of the molecule is CC(=O)[C@H]1CCCC[C@@H]1/C=C(\C)CCCCSc1ccccc1. The van der Waals surface area contributed by atoms with Gasteiger partial charge in [0.05, 0.1) is 0 Å². The van der Waals surface area contributed by atoms with Crippen LogP contribution in [0.15, 0.2) is 46.9 Å². The van der Waals surface area contributed by atoms with Gasteiger partial charge in [0.25, 0.3) is 0 Å². The molecule has 23 heavy (non-hydrogen) atoms. The van der Waals surface area contributed by atoms with Crippen molar-refractivity contribution in [2.75, 3.05) is 5.75 Å². The Morgan fingerprint density at radius 1 is 1.13 bits per heavy atom. The second-order valence-corrected chi connectivity index (χ2v) is 7.97. The van der Waals surface area contributed by atoms with Crippen molar-refractivity contribution in [2.45, 2.75) is 63.7 Å². The van der Waals surface area contributed by atoms with E-state index >= 15 is 0 Å². The summed E-state index contributed by atoms with van der Waals surface area (Å²) in [6.45, 7) is 4.02. The fourth-order valence-electron chi connectivity index (χ4n) is 3.53. The number of benzene rings is 1. The third-order valence-corrected chi connectivity index (χ3v) is 5.92. The number of unbranched alkanes of at least 4 members (excludes halogenated alkanes) is 1. The molecule has 1 saturated carbocycles. The fraction of sp³-hybridized carbons (Fsp3) is 0.571. The van der Waals surface area contributed by atoms with Crippen LogP contribution in [-0.2, 0) is 4.79 Å². The average molecular weight is 331 g/mol. The Morgan fingerprint density at radius 2 is 1.87 bits per heavy atom. The van der Waals surface area contributed by atoms with Crippen LogP contribution in [-0.4, -0.2) is 11.5 Å². The van der Waals surface area contributed by atoms with Crippen LogP contribution in [0.2, 0.25) is 0 Å². The van der Waals surface area contributed by atoms with Crippen molar-refractivity contribution in [1.82, 2.24) is 0 Å². The zero-order valence-electron chi connectivity index (χ0n) is 14.6. The highest BCUT2D eigenvalue weighted by atomic mass is 32.2. The molecule has 1 aromatic rings. The molecule has 0 radical (unpaired) electrons. The highest BCUT2D eigenvalue weighted by Gasteiger charge is 2.26. The van der Waals surface area contributed by atoms with Crippen LogP contribution >= 0.6 is 11.8 Å². The van der Waals surface area contributed by atoms with E-state index in [1.165, 1.54) is 54.7 Å². The van der Waals surface area contributed by atoms with E-state index in [2.05, 4.69) is 43.3 Å². The summed E-state index contributed by atoms with van der Waals surface area (Å²) < 4.78 is 0. The first-order chi connectivity index (χ1) is 11.2. The van der Waals surface area contributed by atoms with E-state index in [9.17, 15) is 4.79 Å². The monoisotopic (exact) mass is 330 g/mol. The molecule has 0 aromatic heterocycles. The molecule has 2 rings (SSSR count). The number of hydrogen-bond acceptors (Lipinski definition) is 2. The average Bonchev–Trinajstić information content (AvgIpc) is 2.56. The number of rotatable bonds is 8. The number of Topliss-reactive ketones (excluding diaryl/α,β-unsaturated/α-hetero) is 1. The van der Waals surface area contributed by atoms with Gasteiger partial charge < -0.3 is 0 Å². The summed E-state index contributed by atoms with van der Waals surface area (Å²) in [7, 11) is 0. The summed E-state index contributed by atoms with van der Waals surface area (Å²) in [5.41, 5.74) is 1.48. The first-order valence-corrected chi connectivity index (χ1v) is 10.0. The second-order valence-electron chi connectivity index (χ2n) is 6.80. The van der Waals surface area contributed by atoms with Gasteiger partial charge in [-0.05, 0) is 69.8 Å². The van der Waals surface area contributed by atoms with Crippen molar-refractivity contribution in [3.8, 4) is 0 Å². The molecule has 1 aromatic carbocycles. The molecule has 1 aliphatic rings. The summed E-state index contributed by atoms with van der Waals surface area (Å²) in [6, 6.07) is 10.6. The summed E-state index contributed by atoms with van der Waals surface area (Å²) in [6.07, 6.45) is 10.9. The molecular formula is C21H30OS. The normalized spacial score (nSPS) is 22.1. The number of ketones is 1. The minimum absolute atomic E-state index is 0.285. The van der Waals surface area contributed by atoms with Gasteiger partial charge in [0.1, 0.15) is 5.78 Å². The zero-order chi connectivity index (χ0) is 16.5. The van der Waals surface area contributed by atoms with Crippen LogP contribution in [0.3, 0.4) is 0 Å². The smallest absolute Gasteiger partial charge is 0.133 e. The molecule has 0 bridgehead atoms. The van der Waals surface area contributed by atoms with Gasteiger partial charge in [-0.1, -0.05) is 42.7 Å². The molecule has 2 heteroatoms. The Balaban J connectivity index is 1.69. The number of carbonyl (C=O) groups is 1. The molecule has 0 heterocycles. The molecule has 0 spiro atoms. The summed E-state index contributed by atoms with van der Waals surface area (Å²) >= 11 is 1.95. The number of hydrogen-bond donors (Lipinski definition) is 0. The Hall–Kier alpha value is -1.02. The van der Waals surface area contributed by atoms with Crippen LogP contribution in [0.1, 0.15) is 58.8 Å². The van der Waals surface area contributed by atoms with Gasteiger partial charge in [0.2, 0.25) is 0 Å². The number of carbonyl (C=O) groups excluding carboxylic acids is 1. The Bertz CT molecular complexity index is 506. The lowest BCUT2D eigenvalue weighted by Crippen LogP contribution is -2.24. The van der Waals surface area contributed by atoms with E-state index in [0.717, 1.165) is 6.42 Å². The lowest BCUT2D eigenvalue weighted by molar-refractivity contribution is -0.122. The van der Waals surface area contributed by atoms with Crippen molar-refractivity contribution >= 4 is 17.5 Å². The van der Waals surface area contributed by atoms with E-state index in [4.69, 9.17) is 0 Å². The first-order valence-electron chi connectivity index (χ1n) is 9.02. The Kier molecular flexibility index (Phi) is 7.94. The van der Waals surface area contributed by atoms with Gasteiger partial charge in [-0.2, -0.15) is 0 Å². The molecule has 1 fully saturated rings. The quantitative estimate of drug-likeness (QED) is 0.316. The molecule has 0 N–H and O–H groups in total. The van der Waals surface area contributed by atoms with E-state index < -0.39 is 0 Å². The molecular weight excluding hydrogens is 300 g/mol. The summed E-state index contributed by atoms with van der Waals surface area (Å²) in [5, 5.41) is 0. The third-order valence-electron chi connectivity index (χ3n) is 4.82. The van der Waals surface area contributed by atoms with Crippen molar-refractivity contribution in [2.24, 2.45) is 11.8 Å². The van der Waals surface area contributed by atoms with E-state index in [-0.39, 0.29) is 5.92 Å². The highest BCUT2D eigenvalue weighted by molar-refractivity contribution is 7.99. The van der Waals surface area contributed by atoms with Gasteiger partial charge in [-0.25, -0.2) is 0 Å². The topological polar surface area (TPSA) is 17.1 Å². The maximum absolute atomic E-state index is 11.8. The minimum Gasteiger partial charge on any atom is -0.300 e. The summed E-state index contributed by atoms with van der Waals surface area (Å²) in [4.78, 5) is 13.2. The van der Waals surface area contributed by atoms with E-state index in [1.54, 1.807) is 6.92 Å². The predicted octanol–water partition coefficient (Wildman–Crippen LogP) is 6.29. The fourth-order valence-corrected chi connectivity index (χ4v) is 4.46. The molecule has 0 unspecified atom stereocenters. The Labute approximate surface area is 145 Å². The van der Waals surface area contributed by atoms with Crippen LogP contribution in [0, 0.1) is 11.8 Å². The van der Waals surface area contributed by atoms with Gasteiger partial charge in [0.15, 0.2) is 0 Å². The zero-order valence-corrected chi connectivity index (χ0v) is 15.4. The van der Waals surface area contributed by atoms with Crippen LogP contribution < -0.4 is 0 Å². The van der Waals surface area contributed by atoms with Crippen molar-refractivity contribution in [3.63, 3.8) is 0 Å². The van der Waals surface area contributed by atoms with Crippen LogP contribution in [0.5, 0.6) is 0 Å². The predicted molar refractivity (Wildman–Crippen MR) is 101 cm³/mol. The second kappa shape index (κ2) is 9.97.